The standard InChI is InChI=1S/C8H15N3S/c1-8(2,3)7-11-6(4-10-9)5-12-7/h5,10H,4,9H2,1-3H3. The molecule has 68 valence electrons. The van der Waals surface area contributed by atoms with Gasteiger partial charge in [-0.3, -0.25) is 11.3 Å². The van der Waals surface area contributed by atoms with Gasteiger partial charge in [-0.2, -0.15) is 0 Å². The molecule has 0 saturated heterocycles. The van der Waals surface area contributed by atoms with E-state index < -0.39 is 0 Å². The minimum atomic E-state index is 0.150. The van der Waals surface area contributed by atoms with Crippen LogP contribution in [-0.4, -0.2) is 4.98 Å². The van der Waals surface area contributed by atoms with E-state index in [0.29, 0.717) is 6.54 Å². The van der Waals surface area contributed by atoms with E-state index in [2.05, 4.69) is 31.2 Å². The minimum Gasteiger partial charge on any atom is -0.271 e. The number of aromatic nitrogens is 1. The highest BCUT2D eigenvalue weighted by molar-refractivity contribution is 7.09. The van der Waals surface area contributed by atoms with Crippen LogP contribution in [0.2, 0.25) is 0 Å². The van der Waals surface area contributed by atoms with Crippen LogP contribution in [0.4, 0.5) is 0 Å². The molecule has 3 nitrogen and oxygen atoms in total. The summed E-state index contributed by atoms with van der Waals surface area (Å²) in [6.45, 7) is 7.12. The number of nitrogens with one attached hydrogen (secondary N) is 1. The van der Waals surface area contributed by atoms with E-state index in [4.69, 9.17) is 5.84 Å². The highest BCUT2D eigenvalue weighted by Gasteiger charge is 2.17. The molecule has 1 aromatic rings. The lowest BCUT2D eigenvalue weighted by molar-refractivity contribution is 0.580. The minimum absolute atomic E-state index is 0.150. The van der Waals surface area contributed by atoms with Crippen LogP contribution >= 0.6 is 11.3 Å². The van der Waals surface area contributed by atoms with Gasteiger partial charge in [0.1, 0.15) is 0 Å². The summed E-state index contributed by atoms with van der Waals surface area (Å²) in [6.07, 6.45) is 0. The average Bonchev–Trinajstić information content (AvgIpc) is 2.35. The van der Waals surface area contributed by atoms with Gasteiger partial charge in [-0.1, -0.05) is 20.8 Å². The van der Waals surface area contributed by atoms with E-state index in [1.807, 2.05) is 5.38 Å². The molecule has 0 bridgehead atoms. The van der Waals surface area contributed by atoms with Gasteiger partial charge < -0.3 is 0 Å². The van der Waals surface area contributed by atoms with Crippen molar-refractivity contribution in [2.24, 2.45) is 5.84 Å². The Labute approximate surface area is 77.0 Å². The largest absolute Gasteiger partial charge is 0.271 e. The first kappa shape index (κ1) is 9.64. The molecule has 0 amide bonds. The lowest BCUT2D eigenvalue weighted by Gasteiger charge is -2.13. The Balaban J connectivity index is 2.77. The predicted octanol–water partition coefficient (Wildman–Crippen LogP) is 1.40. The van der Waals surface area contributed by atoms with Crippen LogP contribution in [0.25, 0.3) is 0 Å². The Hall–Kier alpha value is -0.450. The normalized spacial score (nSPS) is 12.0. The zero-order chi connectivity index (χ0) is 9.19. The molecule has 0 spiro atoms. The van der Waals surface area contributed by atoms with Crippen LogP contribution in [0.3, 0.4) is 0 Å². The monoisotopic (exact) mass is 185 g/mol. The summed E-state index contributed by atoms with van der Waals surface area (Å²) in [5.41, 5.74) is 3.76. The number of thiazole rings is 1. The van der Waals surface area contributed by atoms with Gasteiger partial charge in [0, 0.05) is 10.8 Å². The summed E-state index contributed by atoms with van der Waals surface area (Å²) in [5, 5.41) is 3.20. The maximum atomic E-state index is 5.19. The van der Waals surface area contributed by atoms with Crippen LogP contribution in [0.1, 0.15) is 31.5 Å². The second kappa shape index (κ2) is 3.51. The second-order valence-electron chi connectivity index (χ2n) is 3.77. The zero-order valence-electron chi connectivity index (χ0n) is 7.72. The van der Waals surface area contributed by atoms with Crippen molar-refractivity contribution in [3.63, 3.8) is 0 Å². The van der Waals surface area contributed by atoms with Crippen LogP contribution in [0.15, 0.2) is 5.38 Å². The quantitative estimate of drug-likeness (QED) is 0.541. The Kier molecular flexibility index (Phi) is 2.82. The van der Waals surface area contributed by atoms with Gasteiger partial charge in [0.2, 0.25) is 0 Å². The van der Waals surface area contributed by atoms with Gasteiger partial charge in [-0.25, -0.2) is 4.98 Å². The number of rotatable bonds is 2. The number of hydrogen-bond acceptors (Lipinski definition) is 4. The molecule has 0 radical (unpaired) electrons. The maximum absolute atomic E-state index is 5.19. The number of hydrazine groups is 1. The third-order valence-corrected chi connectivity index (χ3v) is 2.79. The van der Waals surface area contributed by atoms with Crippen molar-refractivity contribution in [3.8, 4) is 0 Å². The van der Waals surface area contributed by atoms with Crippen LogP contribution < -0.4 is 11.3 Å². The molecule has 0 unspecified atom stereocenters. The van der Waals surface area contributed by atoms with Gasteiger partial charge in [0.15, 0.2) is 0 Å². The summed E-state index contributed by atoms with van der Waals surface area (Å²) in [4.78, 5) is 4.45. The third kappa shape index (κ3) is 2.27. The molecule has 1 aromatic heterocycles. The first-order valence-electron chi connectivity index (χ1n) is 3.92. The third-order valence-electron chi connectivity index (χ3n) is 1.48. The van der Waals surface area contributed by atoms with Crippen LogP contribution in [-0.2, 0) is 12.0 Å². The van der Waals surface area contributed by atoms with E-state index in [9.17, 15) is 0 Å². The predicted molar refractivity (Wildman–Crippen MR) is 51.8 cm³/mol. The van der Waals surface area contributed by atoms with Gasteiger partial charge in [0.25, 0.3) is 0 Å². The molecular weight excluding hydrogens is 170 g/mol. The van der Waals surface area contributed by atoms with E-state index in [1.54, 1.807) is 11.3 Å². The highest BCUT2D eigenvalue weighted by atomic mass is 32.1. The van der Waals surface area contributed by atoms with Gasteiger partial charge in [0.05, 0.1) is 17.2 Å². The average molecular weight is 185 g/mol. The summed E-state index contributed by atoms with van der Waals surface area (Å²) >= 11 is 1.69. The van der Waals surface area contributed by atoms with Gasteiger partial charge in [-0.15, -0.1) is 11.3 Å². The van der Waals surface area contributed by atoms with Crippen LogP contribution in [0.5, 0.6) is 0 Å². The molecule has 0 aromatic carbocycles. The fourth-order valence-electron chi connectivity index (χ4n) is 0.837. The Bertz CT molecular complexity index is 249. The molecule has 1 heterocycles. The molecule has 0 aliphatic carbocycles. The fourth-order valence-corrected chi connectivity index (χ4v) is 1.74. The summed E-state index contributed by atoms with van der Waals surface area (Å²) in [5.74, 6) is 5.19. The van der Waals surface area contributed by atoms with Crippen molar-refractivity contribution in [2.45, 2.75) is 32.7 Å². The molecule has 0 fully saturated rings. The first-order valence-corrected chi connectivity index (χ1v) is 4.80. The van der Waals surface area contributed by atoms with Crippen molar-refractivity contribution in [1.29, 1.82) is 0 Å². The van der Waals surface area contributed by atoms with Gasteiger partial charge >= 0.3 is 0 Å². The molecule has 12 heavy (non-hydrogen) atoms. The van der Waals surface area contributed by atoms with Gasteiger partial charge in [-0.05, 0) is 0 Å². The van der Waals surface area contributed by atoms with E-state index in [-0.39, 0.29) is 5.41 Å². The number of hydrogen-bond donors (Lipinski definition) is 2. The number of nitrogens with two attached hydrogens (primary N) is 1. The van der Waals surface area contributed by atoms with Crippen LogP contribution in [0, 0.1) is 0 Å². The molecule has 4 heteroatoms. The first-order chi connectivity index (χ1) is 5.54. The van der Waals surface area contributed by atoms with Crippen molar-refractivity contribution in [1.82, 2.24) is 10.4 Å². The van der Waals surface area contributed by atoms with E-state index in [1.165, 1.54) is 0 Å². The van der Waals surface area contributed by atoms with E-state index in [0.717, 1.165) is 10.7 Å². The number of nitrogens with zero attached hydrogens (tertiary/aromatic N) is 1. The Morgan fingerprint density at radius 3 is 2.67 bits per heavy atom. The molecule has 3 N–H and O–H groups in total. The smallest absolute Gasteiger partial charge is 0.0982 e. The SMILES string of the molecule is CC(C)(C)c1nc(CNN)cs1. The van der Waals surface area contributed by atoms with Crippen molar-refractivity contribution in [3.05, 3.63) is 16.1 Å². The summed E-state index contributed by atoms with van der Waals surface area (Å²) in [7, 11) is 0. The Morgan fingerprint density at radius 1 is 1.58 bits per heavy atom. The summed E-state index contributed by atoms with van der Waals surface area (Å²) < 4.78 is 0. The van der Waals surface area contributed by atoms with Crippen molar-refractivity contribution >= 4 is 11.3 Å². The van der Waals surface area contributed by atoms with Crippen molar-refractivity contribution < 1.29 is 0 Å². The molecule has 1 rings (SSSR count). The zero-order valence-corrected chi connectivity index (χ0v) is 8.53. The molecule has 0 aliphatic heterocycles. The summed E-state index contributed by atoms with van der Waals surface area (Å²) in [6, 6.07) is 0. The van der Waals surface area contributed by atoms with E-state index >= 15 is 0 Å². The molecule has 0 aliphatic rings. The van der Waals surface area contributed by atoms with Crippen molar-refractivity contribution in [2.75, 3.05) is 0 Å². The molecule has 0 saturated carbocycles. The topological polar surface area (TPSA) is 50.9 Å². The molecule has 0 atom stereocenters. The lowest BCUT2D eigenvalue weighted by atomic mass is 9.98. The second-order valence-corrected chi connectivity index (χ2v) is 4.63. The lowest BCUT2D eigenvalue weighted by Crippen LogP contribution is -2.21. The fraction of sp³-hybridized carbons (Fsp3) is 0.625. The molecular formula is C8H15N3S. The maximum Gasteiger partial charge on any atom is 0.0982 e. The Morgan fingerprint density at radius 2 is 2.25 bits per heavy atom. The highest BCUT2D eigenvalue weighted by Crippen LogP contribution is 2.25.